The van der Waals surface area contributed by atoms with Crippen LogP contribution in [0.5, 0.6) is 0 Å². The SMILES string of the molecule is Cc1cc(CN2Cc3c(ccnc3NC(=O)Cc3cnco3)C2=O)cnc1N1CCC(F)(F)CC1. The molecule has 182 valence electrons. The molecule has 9 nitrogen and oxygen atoms in total. The van der Waals surface area contributed by atoms with E-state index in [1.165, 1.54) is 18.8 Å². The standard InChI is InChI=1S/C24H24F2N6O3/c1-15-8-16(10-29-22(15)31-6-3-24(25,26)4-7-31)12-32-13-19-18(23(32)34)2-5-28-21(19)30-20(33)9-17-11-27-14-35-17/h2,5,8,10-11,14H,3-4,6-7,9,12-13H2,1H3,(H,28,30,33). The third-order valence-corrected chi connectivity index (χ3v) is 6.27. The number of nitrogens with zero attached hydrogens (tertiary/aromatic N) is 5. The van der Waals surface area contributed by atoms with Crippen molar-refractivity contribution in [3.05, 3.63) is 65.1 Å². The van der Waals surface area contributed by atoms with E-state index in [1.54, 1.807) is 17.2 Å². The van der Waals surface area contributed by atoms with Gasteiger partial charge in [0.1, 0.15) is 17.4 Å². The van der Waals surface area contributed by atoms with Crippen molar-refractivity contribution in [2.24, 2.45) is 0 Å². The Morgan fingerprint density at radius 1 is 1.23 bits per heavy atom. The lowest BCUT2D eigenvalue weighted by Crippen LogP contribution is -2.40. The molecule has 5 heterocycles. The molecule has 11 heteroatoms. The maximum absolute atomic E-state index is 13.5. The van der Waals surface area contributed by atoms with Gasteiger partial charge in [0.05, 0.1) is 19.2 Å². The van der Waals surface area contributed by atoms with Crippen LogP contribution in [-0.2, 0) is 24.3 Å². The van der Waals surface area contributed by atoms with Gasteiger partial charge in [-0.05, 0) is 30.2 Å². The van der Waals surface area contributed by atoms with Crippen molar-refractivity contribution in [3.63, 3.8) is 0 Å². The summed E-state index contributed by atoms with van der Waals surface area (Å²) in [5, 5.41) is 2.76. The first kappa shape index (κ1) is 22.9. The van der Waals surface area contributed by atoms with Crippen molar-refractivity contribution in [3.8, 4) is 0 Å². The Hall–Kier alpha value is -3.89. The number of halogens is 2. The van der Waals surface area contributed by atoms with E-state index in [0.29, 0.717) is 41.6 Å². The molecule has 2 amide bonds. The summed E-state index contributed by atoms with van der Waals surface area (Å²) >= 11 is 0. The maximum Gasteiger partial charge on any atom is 0.255 e. The molecular weight excluding hydrogens is 458 g/mol. The molecule has 1 fully saturated rings. The number of hydrogen-bond acceptors (Lipinski definition) is 7. The second-order valence-electron chi connectivity index (χ2n) is 8.87. The van der Waals surface area contributed by atoms with E-state index in [-0.39, 0.29) is 44.2 Å². The molecule has 1 N–H and O–H groups in total. The Labute approximate surface area is 200 Å². The van der Waals surface area contributed by atoms with Gasteiger partial charge in [0.15, 0.2) is 6.39 Å². The molecule has 0 aromatic carbocycles. The van der Waals surface area contributed by atoms with E-state index < -0.39 is 5.92 Å². The number of oxazole rings is 1. The second-order valence-corrected chi connectivity index (χ2v) is 8.87. The van der Waals surface area contributed by atoms with Crippen molar-refractivity contribution in [1.29, 1.82) is 0 Å². The lowest BCUT2D eigenvalue weighted by molar-refractivity contribution is -0.115. The Balaban J connectivity index is 1.26. The van der Waals surface area contributed by atoms with E-state index in [0.717, 1.165) is 11.1 Å². The highest BCUT2D eigenvalue weighted by atomic mass is 19.3. The number of carbonyl (C=O) groups is 2. The van der Waals surface area contributed by atoms with Crippen LogP contribution in [0.1, 0.15) is 45.7 Å². The van der Waals surface area contributed by atoms with Gasteiger partial charge in [0.2, 0.25) is 5.91 Å². The predicted octanol–water partition coefficient (Wildman–Crippen LogP) is 3.35. The number of carbonyl (C=O) groups excluding carboxylic acids is 2. The smallest absolute Gasteiger partial charge is 0.255 e. The van der Waals surface area contributed by atoms with Crippen LogP contribution in [0.3, 0.4) is 0 Å². The Morgan fingerprint density at radius 3 is 2.74 bits per heavy atom. The highest BCUT2D eigenvalue weighted by Gasteiger charge is 2.35. The Kier molecular flexibility index (Phi) is 5.91. The number of rotatable bonds is 6. The van der Waals surface area contributed by atoms with Crippen LogP contribution >= 0.6 is 0 Å². The lowest BCUT2D eigenvalue weighted by atomic mass is 10.1. The van der Waals surface area contributed by atoms with Crippen LogP contribution in [0.4, 0.5) is 20.4 Å². The quantitative estimate of drug-likeness (QED) is 0.575. The van der Waals surface area contributed by atoms with Gasteiger partial charge in [0, 0.05) is 56.0 Å². The monoisotopic (exact) mass is 482 g/mol. The van der Waals surface area contributed by atoms with Gasteiger partial charge in [0.25, 0.3) is 11.8 Å². The minimum atomic E-state index is -2.61. The fraction of sp³-hybridized carbons (Fsp3) is 0.375. The molecule has 0 aliphatic carbocycles. The first-order valence-electron chi connectivity index (χ1n) is 11.3. The first-order valence-corrected chi connectivity index (χ1v) is 11.3. The number of nitrogens with one attached hydrogen (secondary N) is 1. The number of fused-ring (bicyclic) bond motifs is 1. The lowest BCUT2D eigenvalue weighted by Gasteiger charge is -2.33. The molecule has 0 spiro atoms. The summed E-state index contributed by atoms with van der Waals surface area (Å²) in [7, 11) is 0. The zero-order chi connectivity index (χ0) is 24.6. The molecule has 35 heavy (non-hydrogen) atoms. The van der Waals surface area contributed by atoms with E-state index in [1.807, 2.05) is 17.9 Å². The summed E-state index contributed by atoms with van der Waals surface area (Å²) < 4.78 is 32.1. The van der Waals surface area contributed by atoms with Gasteiger partial charge in [-0.2, -0.15) is 0 Å². The molecule has 0 atom stereocenters. The minimum Gasteiger partial charge on any atom is -0.448 e. The molecule has 3 aromatic heterocycles. The zero-order valence-corrected chi connectivity index (χ0v) is 19.1. The van der Waals surface area contributed by atoms with Gasteiger partial charge in [-0.15, -0.1) is 0 Å². The second kappa shape index (κ2) is 9.05. The number of alkyl halides is 2. The van der Waals surface area contributed by atoms with E-state index in [4.69, 9.17) is 4.42 Å². The van der Waals surface area contributed by atoms with Gasteiger partial charge in [-0.1, -0.05) is 0 Å². The number of hydrogen-bond donors (Lipinski definition) is 1. The van der Waals surface area contributed by atoms with Crippen molar-refractivity contribution < 1.29 is 22.8 Å². The molecule has 3 aromatic rings. The summed E-state index contributed by atoms with van der Waals surface area (Å²) in [6.45, 7) is 3.04. The molecule has 0 saturated carbocycles. The van der Waals surface area contributed by atoms with Gasteiger partial charge in [-0.3, -0.25) is 9.59 Å². The normalized spacial score (nSPS) is 16.9. The number of aromatic nitrogens is 3. The van der Waals surface area contributed by atoms with Crippen molar-refractivity contribution in [2.45, 2.75) is 45.2 Å². The third-order valence-electron chi connectivity index (χ3n) is 6.27. The highest BCUT2D eigenvalue weighted by molar-refractivity contribution is 6.01. The topological polar surface area (TPSA) is 104 Å². The largest absolute Gasteiger partial charge is 0.448 e. The predicted molar refractivity (Wildman–Crippen MR) is 122 cm³/mol. The summed E-state index contributed by atoms with van der Waals surface area (Å²) in [6, 6.07) is 3.58. The summed E-state index contributed by atoms with van der Waals surface area (Å²) in [4.78, 5) is 41.5. The number of anilines is 2. The molecule has 1 saturated heterocycles. The Morgan fingerprint density at radius 2 is 2.03 bits per heavy atom. The third kappa shape index (κ3) is 4.84. The van der Waals surface area contributed by atoms with Crippen LogP contribution in [0.15, 0.2) is 41.5 Å². The minimum absolute atomic E-state index is 0.00889. The molecular formula is C24H24F2N6O3. The Bertz CT molecular complexity index is 1250. The van der Waals surface area contributed by atoms with E-state index in [9.17, 15) is 18.4 Å². The molecule has 0 radical (unpaired) electrons. The number of piperidine rings is 1. The fourth-order valence-electron chi connectivity index (χ4n) is 4.49. The molecule has 5 rings (SSSR count). The average molecular weight is 482 g/mol. The average Bonchev–Trinajstić information content (AvgIpc) is 3.43. The zero-order valence-electron chi connectivity index (χ0n) is 19.1. The molecule has 2 aliphatic rings. The van der Waals surface area contributed by atoms with Crippen LogP contribution in [-0.4, -0.2) is 50.7 Å². The summed E-state index contributed by atoms with van der Waals surface area (Å²) in [6.07, 6.45) is 5.55. The molecule has 0 bridgehead atoms. The highest BCUT2D eigenvalue weighted by Crippen LogP contribution is 2.32. The first-order chi connectivity index (χ1) is 16.8. The van der Waals surface area contributed by atoms with Crippen molar-refractivity contribution >= 4 is 23.5 Å². The number of pyridine rings is 2. The van der Waals surface area contributed by atoms with Crippen LogP contribution in [0, 0.1) is 6.92 Å². The van der Waals surface area contributed by atoms with Crippen LogP contribution in [0.25, 0.3) is 0 Å². The van der Waals surface area contributed by atoms with Crippen LogP contribution in [0.2, 0.25) is 0 Å². The van der Waals surface area contributed by atoms with E-state index in [2.05, 4.69) is 20.3 Å². The van der Waals surface area contributed by atoms with Crippen molar-refractivity contribution in [1.82, 2.24) is 19.9 Å². The van der Waals surface area contributed by atoms with Gasteiger partial charge >= 0.3 is 0 Å². The van der Waals surface area contributed by atoms with Crippen molar-refractivity contribution in [2.75, 3.05) is 23.3 Å². The van der Waals surface area contributed by atoms with E-state index >= 15 is 0 Å². The number of amides is 2. The summed E-state index contributed by atoms with van der Waals surface area (Å²) in [5.74, 6) is -1.63. The fourth-order valence-corrected chi connectivity index (χ4v) is 4.49. The van der Waals surface area contributed by atoms with Gasteiger partial charge in [-0.25, -0.2) is 23.7 Å². The van der Waals surface area contributed by atoms with Crippen LogP contribution < -0.4 is 10.2 Å². The number of aryl methyl sites for hydroxylation is 1. The summed E-state index contributed by atoms with van der Waals surface area (Å²) in [5.41, 5.74) is 2.85. The van der Waals surface area contributed by atoms with Gasteiger partial charge < -0.3 is 19.5 Å². The maximum atomic E-state index is 13.5. The molecule has 2 aliphatic heterocycles. The molecule has 0 unspecified atom stereocenters.